The van der Waals surface area contributed by atoms with Gasteiger partial charge in [0.25, 0.3) is 5.97 Å². The minimum Gasteiger partial charge on any atom is -0.481 e. The average Bonchev–Trinajstić information content (AvgIpc) is 3.14. The van der Waals surface area contributed by atoms with Gasteiger partial charge in [-0.1, -0.05) is 48.8 Å². The van der Waals surface area contributed by atoms with Crippen LogP contribution in [0.2, 0.25) is 0 Å². The first kappa shape index (κ1) is 24.7. The molecule has 34 heavy (non-hydrogen) atoms. The molecule has 6 heteroatoms. The molecule has 2 N–H and O–H groups in total. The molecule has 0 saturated heterocycles. The maximum absolute atomic E-state index is 13.2. The first-order valence-corrected chi connectivity index (χ1v) is 11.4. The number of benzene rings is 3. The van der Waals surface area contributed by atoms with Crippen molar-refractivity contribution < 1.29 is 19.9 Å². The molecular weight excluding hydrogens is 428 g/mol. The van der Waals surface area contributed by atoms with Crippen LogP contribution in [0.1, 0.15) is 60.7 Å². The molecule has 0 aliphatic rings. The van der Waals surface area contributed by atoms with E-state index in [1.165, 1.54) is 0 Å². The van der Waals surface area contributed by atoms with Gasteiger partial charge in [-0.05, 0) is 56.2 Å². The Labute approximate surface area is 199 Å². The van der Waals surface area contributed by atoms with E-state index in [2.05, 4.69) is 35.7 Å². The van der Waals surface area contributed by atoms with E-state index in [0.29, 0.717) is 17.7 Å². The fourth-order valence-electron chi connectivity index (χ4n) is 4.24. The Bertz CT molecular complexity index is 1380. The lowest BCUT2D eigenvalue weighted by Crippen LogP contribution is -2.03. The number of oxime groups is 1. The van der Waals surface area contributed by atoms with Gasteiger partial charge in [-0.2, -0.15) is 0 Å². The minimum atomic E-state index is -0.833. The SMILES string of the molecule is CC(=O)O.CCC/C(=N\O)c1ccc2c(c1)c1cc(C(=O)c3ccccc3C)ccc1n2CC. The second kappa shape index (κ2) is 10.8. The van der Waals surface area contributed by atoms with Crippen LogP contribution in [-0.4, -0.2) is 32.3 Å². The molecule has 0 atom stereocenters. The van der Waals surface area contributed by atoms with Crippen LogP contribution in [0.25, 0.3) is 21.8 Å². The van der Waals surface area contributed by atoms with E-state index in [0.717, 1.165) is 58.4 Å². The number of carbonyl (C=O) groups is 2. The van der Waals surface area contributed by atoms with E-state index >= 15 is 0 Å². The molecule has 0 fully saturated rings. The lowest BCUT2D eigenvalue weighted by atomic mass is 9.97. The second-order valence-corrected chi connectivity index (χ2v) is 8.17. The van der Waals surface area contributed by atoms with Gasteiger partial charge in [0, 0.05) is 52.0 Å². The Morgan fingerprint density at radius 2 is 1.47 bits per heavy atom. The second-order valence-electron chi connectivity index (χ2n) is 8.17. The zero-order chi connectivity index (χ0) is 24.8. The number of aromatic nitrogens is 1. The zero-order valence-electron chi connectivity index (χ0n) is 20.0. The monoisotopic (exact) mass is 458 g/mol. The van der Waals surface area contributed by atoms with Gasteiger partial charge < -0.3 is 14.9 Å². The van der Waals surface area contributed by atoms with E-state index in [4.69, 9.17) is 9.90 Å². The van der Waals surface area contributed by atoms with Crippen LogP contribution >= 0.6 is 0 Å². The molecule has 0 aliphatic carbocycles. The standard InChI is InChI=1S/C26H26N2O2.C2H4O2/c1-4-8-23(27-30)18-11-13-24-21(15-18)22-16-19(12-14-25(22)28(24)5-2)26(29)20-10-7-6-9-17(20)3;1-2(3)4/h6-7,9-16,30H,4-5,8H2,1-3H3;1H3,(H,3,4)/b27-23+;. The predicted molar refractivity (Wildman–Crippen MR) is 136 cm³/mol. The summed E-state index contributed by atoms with van der Waals surface area (Å²) in [6, 6.07) is 19.8. The summed E-state index contributed by atoms with van der Waals surface area (Å²) in [5, 5.41) is 22.5. The normalized spacial score (nSPS) is 11.4. The Hall–Kier alpha value is -3.93. The summed E-state index contributed by atoms with van der Waals surface area (Å²) < 4.78 is 2.26. The highest BCUT2D eigenvalue weighted by Crippen LogP contribution is 2.32. The molecule has 0 spiro atoms. The van der Waals surface area contributed by atoms with Crippen molar-refractivity contribution >= 4 is 39.3 Å². The fourth-order valence-corrected chi connectivity index (χ4v) is 4.24. The van der Waals surface area contributed by atoms with Crippen molar-refractivity contribution in [3.63, 3.8) is 0 Å². The maximum Gasteiger partial charge on any atom is 0.300 e. The van der Waals surface area contributed by atoms with E-state index in [-0.39, 0.29) is 5.78 Å². The van der Waals surface area contributed by atoms with Crippen molar-refractivity contribution in [3.8, 4) is 0 Å². The van der Waals surface area contributed by atoms with E-state index < -0.39 is 5.97 Å². The number of carboxylic acid groups (broad SMARTS) is 1. The van der Waals surface area contributed by atoms with Crippen molar-refractivity contribution in [3.05, 3.63) is 82.9 Å². The minimum absolute atomic E-state index is 0.0344. The van der Waals surface area contributed by atoms with Crippen molar-refractivity contribution in [2.24, 2.45) is 5.16 Å². The van der Waals surface area contributed by atoms with Crippen LogP contribution in [0.5, 0.6) is 0 Å². The summed E-state index contributed by atoms with van der Waals surface area (Å²) in [5.74, 6) is -0.799. The van der Waals surface area contributed by atoms with Gasteiger partial charge >= 0.3 is 0 Å². The Morgan fingerprint density at radius 1 is 0.912 bits per heavy atom. The topological polar surface area (TPSA) is 91.9 Å². The largest absolute Gasteiger partial charge is 0.481 e. The third-order valence-corrected chi connectivity index (χ3v) is 5.77. The molecular formula is C28H30N2O4. The molecule has 1 heterocycles. The Balaban J connectivity index is 0.000000751. The number of rotatable bonds is 6. The molecule has 6 nitrogen and oxygen atoms in total. The van der Waals surface area contributed by atoms with Crippen LogP contribution in [0.3, 0.4) is 0 Å². The average molecular weight is 459 g/mol. The van der Waals surface area contributed by atoms with Gasteiger partial charge in [-0.3, -0.25) is 9.59 Å². The summed E-state index contributed by atoms with van der Waals surface area (Å²) in [6.45, 7) is 8.07. The number of aliphatic carboxylic acids is 1. The van der Waals surface area contributed by atoms with Crippen molar-refractivity contribution in [1.29, 1.82) is 0 Å². The highest BCUT2D eigenvalue weighted by molar-refractivity contribution is 6.16. The number of nitrogens with zero attached hydrogens (tertiary/aromatic N) is 2. The first-order chi connectivity index (χ1) is 16.3. The highest BCUT2D eigenvalue weighted by Gasteiger charge is 2.16. The number of carbonyl (C=O) groups excluding carboxylic acids is 1. The molecule has 176 valence electrons. The quantitative estimate of drug-likeness (QED) is 0.151. The number of hydrogen-bond donors (Lipinski definition) is 2. The van der Waals surface area contributed by atoms with Crippen LogP contribution in [0, 0.1) is 6.92 Å². The van der Waals surface area contributed by atoms with Gasteiger partial charge in [-0.15, -0.1) is 0 Å². The Kier molecular flexibility index (Phi) is 7.84. The van der Waals surface area contributed by atoms with E-state index in [1.54, 1.807) is 0 Å². The fraction of sp³-hybridized carbons (Fsp3) is 0.250. The van der Waals surface area contributed by atoms with Crippen LogP contribution in [-0.2, 0) is 11.3 Å². The number of ketones is 1. The summed E-state index contributed by atoms with van der Waals surface area (Å²) in [5.41, 5.74) is 6.21. The molecule has 1 aromatic heterocycles. The van der Waals surface area contributed by atoms with E-state index in [9.17, 15) is 10.0 Å². The molecule has 0 amide bonds. The third kappa shape index (κ3) is 5.01. The van der Waals surface area contributed by atoms with Gasteiger partial charge in [-0.25, -0.2) is 0 Å². The van der Waals surface area contributed by atoms with Gasteiger partial charge in [0.1, 0.15) is 0 Å². The molecule has 3 aromatic carbocycles. The summed E-state index contributed by atoms with van der Waals surface area (Å²) in [6.07, 6.45) is 1.62. The van der Waals surface area contributed by atoms with Gasteiger partial charge in [0.05, 0.1) is 5.71 Å². The smallest absolute Gasteiger partial charge is 0.300 e. The zero-order valence-corrected chi connectivity index (χ0v) is 20.0. The molecule has 0 aliphatic heterocycles. The molecule has 0 unspecified atom stereocenters. The van der Waals surface area contributed by atoms with Crippen molar-refractivity contribution in [1.82, 2.24) is 4.57 Å². The van der Waals surface area contributed by atoms with Crippen LogP contribution in [0.4, 0.5) is 0 Å². The van der Waals surface area contributed by atoms with Crippen molar-refractivity contribution in [2.75, 3.05) is 0 Å². The summed E-state index contributed by atoms with van der Waals surface area (Å²) in [4.78, 5) is 22.2. The van der Waals surface area contributed by atoms with Crippen LogP contribution in [0.15, 0.2) is 65.8 Å². The molecule has 0 saturated carbocycles. The molecule has 4 rings (SSSR count). The molecule has 0 bridgehead atoms. The number of hydrogen-bond acceptors (Lipinski definition) is 4. The lowest BCUT2D eigenvalue weighted by molar-refractivity contribution is -0.134. The maximum atomic E-state index is 13.2. The van der Waals surface area contributed by atoms with E-state index in [1.807, 2.05) is 55.5 Å². The molecule has 0 radical (unpaired) electrons. The number of carboxylic acids is 1. The summed E-state index contributed by atoms with van der Waals surface area (Å²) in [7, 11) is 0. The lowest BCUT2D eigenvalue weighted by Gasteiger charge is -2.06. The van der Waals surface area contributed by atoms with Crippen LogP contribution < -0.4 is 0 Å². The predicted octanol–water partition coefficient (Wildman–Crippen LogP) is 6.42. The van der Waals surface area contributed by atoms with Gasteiger partial charge in [0.15, 0.2) is 5.78 Å². The summed E-state index contributed by atoms with van der Waals surface area (Å²) >= 11 is 0. The number of aryl methyl sites for hydroxylation is 2. The molecule has 4 aromatic rings. The number of fused-ring (bicyclic) bond motifs is 3. The highest BCUT2D eigenvalue weighted by atomic mass is 16.4. The van der Waals surface area contributed by atoms with Crippen molar-refractivity contribution in [2.45, 2.75) is 47.1 Å². The third-order valence-electron chi connectivity index (χ3n) is 5.77. The van der Waals surface area contributed by atoms with Gasteiger partial charge in [0.2, 0.25) is 0 Å². The Morgan fingerprint density at radius 3 is 2.00 bits per heavy atom. The first-order valence-electron chi connectivity index (χ1n) is 11.4.